The zero-order chi connectivity index (χ0) is 27.6. The lowest BCUT2D eigenvalue weighted by molar-refractivity contribution is 0.0697. The molecule has 2 aromatic heterocycles. The van der Waals surface area contributed by atoms with Crippen LogP contribution in [0.3, 0.4) is 0 Å². The van der Waals surface area contributed by atoms with E-state index in [1.165, 1.54) is 0 Å². The van der Waals surface area contributed by atoms with E-state index in [0.717, 1.165) is 63.2 Å². The second-order valence-corrected chi connectivity index (χ2v) is 9.98. The second-order valence-electron chi connectivity index (χ2n) is 9.98. The van der Waals surface area contributed by atoms with Gasteiger partial charge in [-0.05, 0) is 65.9 Å². The van der Waals surface area contributed by atoms with Gasteiger partial charge in [0.2, 0.25) is 5.89 Å². The first-order valence-electron chi connectivity index (χ1n) is 13.4. The Labute approximate surface area is 232 Å². The fraction of sp³-hybridized carbons (Fsp3) is 0.147. The third-order valence-electron chi connectivity index (χ3n) is 7.18. The van der Waals surface area contributed by atoms with Crippen LogP contribution in [0.25, 0.3) is 44.9 Å². The van der Waals surface area contributed by atoms with Crippen molar-refractivity contribution in [1.29, 1.82) is 0 Å². The minimum Gasteiger partial charge on any atom is -0.478 e. The number of carboxylic acid groups (broad SMARTS) is 1. The van der Waals surface area contributed by atoms with Crippen molar-refractivity contribution in [2.24, 2.45) is 0 Å². The van der Waals surface area contributed by atoms with Gasteiger partial charge in [-0.3, -0.25) is 0 Å². The van der Waals surface area contributed by atoms with Gasteiger partial charge in [0.15, 0.2) is 0 Å². The lowest BCUT2D eigenvalue weighted by Crippen LogP contribution is -2.05. The predicted octanol–water partition coefficient (Wildman–Crippen LogP) is 8.03. The fourth-order valence-electron chi connectivity index (χ4n) is 5.19. The number of rotatable bonds is 8. The second kappa shape index (κ2) is 10.7. The zero-order valence-electron chi connectivity index (χ0n) is 22.5. The van der Waals surface area contributed by atoms with Crippen molar-refractivity contribution < 1.29 is 14.3 Å². The van der Waals surface area contributed by atoms with Crippen molar-refractivity contribution in [3.05, 3.63) is 120 Å². The number of hydrogen-bond acceptors (Lipinski definition) is 4. The summed E-state index contributed by atoms with van der Waals surface area (Å²) in [6.07, 6.45) is 3.57. The summed E-state index contributed by atoms with van der Waals surface area (Å²) in [5.74, 6) is 0.712. The molecule has 0 saturated heterocycles. The number of imidazole rings is 1. The lowest BCUT2D eigenvalue weighted by Gasteiger charge is -2.11. The van der Waals surface area contributed by atoms with E-state index in [-0.39, 0.29) is 0 Å². The Kier molecular flexibility index (Phi) is 6.74. The molecule has 0 bridgehead atoms. The highest BCUT2D eigenvalue weighted by molar-refractivity contribution is 5.96. The maximum Gasteiger partial charge on any atom is 0.336 e. The Morgan fingerprint density at radius 3 is 2.38 bits per heavy atom. The smallest absolute Gasteiger partial charge is 0.336 e. The van der Waals surface area contributed by atoms with Crippen molar-refractivity contribution in [2.75, 3.05) is 0 Å². The molecule has 6 rings (SSSR count). The maximum atomic E-state index is 11.7. The number of hydrogen-bond donors (Lipinski definition) is 1. The van der Waals surface area contributed by atoms with Crippen molar-refractivity contribution in [3.8, 4) is 33.8 Å². The average Bonchev–Trinajstić information content (AvgIpc) is 3.60. The van der Waals surface area contributed by atoms with Gasteiger partial charge in [-0.2, -0.15) is 0 Å². The van der Waals surface area contributed by atoms with Gasteiger partial charge in [0.1, 0.15) is 17.8 Å². The van der Waals surface area contributed by atoms with E-state index in [9.17, 15) is 9.90 Å². The van der Waals surface area contributed by atoms with Gasteiger partial charge >= 0.3 is 5.97 Å². The molecule has 0 fully saturated rings. The number of aromatic carboxylic acids is 1. The van der Waals surface area contributed by atoms with Crippen LogP contribution in [0.1, 0.15) is 40.7 Å². The van der Waals surface area contributed by atoms with E-state index in [0.29, 0.717) is 23.6 Å². The van der Waals surface area contributed by atoms with Crippen LogP contribution < -0.4 is 0 Å². The third-order valence-corrected chi connectivity index (χ3v) is 7.18. The lowest BCUT2D eigenvalue weighted by atomic mass is 9.98. The summed E-state index contributed by atoms with van der Waals surface area (Å²) in [4.78, 5) is 21.5. The van der Waals surface area contributed by atoms with Crippen LogP contribution in [0.15, 0.2) is 102 Å². The number of fused-ring (bicyclic) bond motifs is 1. The van der Waals surface area contributed by atoms with E-state index in [2.05, 4.69) is 42.7 Å². The molecule has 6 nitrogen and oxygen atoms in total. The molecule has 0 radical (unpaired) electrons. The van der Waals surface area contributed by atoms with Crippen molar-refractivity contribution >= 4 is 17.0 Å². The van der Waals surface area contributed by atoms with Gasteiger partial charge in [-0.1, -0.05) is 67.6 Å². The van der Waals surface area contributed by atoms with Gasteiger partial charge in [-0.25, -0.2) is 14.8 Å². The Bertz CT molecular complexity index is 1820. The summed E-state index contributed by atoms with van der Waals surface area (Å²) >= 11 is 0. The topological polar surface area (TPSA) is 81.2 Å². The van der Waals surface area contributed by atoms with Crippen LogP contribution >= 0.6 is 0 Å². The molecule has 0 saturated carbocycles. The number of carboxylic acids is 1. The van der Waals surface area contributed by atoms with E-state index in [1.54, 1.807) is 18.4 Å². The Hall–Kier alpha value is -4.97. The monoisotopic (exact) mass is 527 g/mol. The highest BCUT2D eigenvalue weighted by atomic mass is 16.4. The molecule has 40 heavy (non-hydrogen) atoms. The molecule has 0 aliphatic carbocycles. The van der Waals surface area contributed by atoms with E-state index in [1.807, 2.05) is 54.6 Å². The first kappa shape index (κ1) is 25.3. The number of nitrogens with zero attached hydrogens (tertiary/aromatic N) is 3. The summed E-state index contributed by atoms with van der Waals surface area (Å²) in [6.45, 7) is 4.91. The number of carbonyl (C=O) groups is 1. The average molecular weight is 528 g/mol. The highest BCUT2D eigenvalue weighted by Gasteiger charge is 2.17. The minimum absolute atomic E-state index is 0.298. The molecule has 4 aromatic carbocycles. The Morgan fingerprint density at radius 1 is 0.875 bits per heavy atom. The molecule has 1 N–H and O–H groups in total. The first-order valence-corrected chi connectivity index (χ1v) is 13.4. The minimum atomic E-state index is -0.928. The summed E-state index contributed by atoms with van der Waals surface area (Å²) in [5.41, 5.74) is 8.86. The van der Waals surface area contributed by atoms with E-state index >= 15 is 0 Å². The largest absolute Gasteiger partial charge is 0.478 e. The Balaban J connectivity index is 1.37. The molecule has 0 aliphatic heterocycles. The molecule has 0 amide bonds. The fourth-order valence-corrected chi connectivity index (χ4v) is 5.19. The summed E-state index contributed by atoms with van der Waals surface area (Å²) in [5, 5.41) is 9.60. The summed E-state index contributed by atoms with van der Waals surface area (Å²) < 4.78 is 8.11. The van der Waals surface area contributed by atoms with Gasteiger partial charge in [0, 0.05) is 24.1 Å². The van der Waals surface area contributed by atoms with Crippen LogP contribution in [0, 0.1) is 6.92 Å². The third kappa shape index (κ3) is 4.80. The number of aromatic nitrogens is 3. The van der Waals surface area contributed by atoms with Gasteiger partial charge in [-0.15, -0.1) is 0 Å². The molecule has 0 unspecified atom stereocenters. The van der Waals surface area contributed by atoms with E-state index < -0.39 is 5.97 Å². The molecular weight excluding hydrogens is 498 g/mol. The molecule has 6 heteroatoms. The summed E-state index contributed by atoms with van der Waals surface area (Å²) in [7, 11) is 0. The SMILES string of the molecule is CCCc1nc2c(C)cc(-c3coc(-c4ccccc4)n3)cc2n1Cc1ccc(-c2ccccc2C(=O)O)cc1. The molecular formula is C34H29N3O3. The van der Waals surface area contributed by atoms with Crippen molar-refractivity contribution in [3.63, 3.8) is 0 Å². The zero-order valence-corrected chi connectivity index (χ0v) is 22.5. The summed E-state index contributed by atoms with van der Waals surface area (Å²) in [6, 6.07) is 29.4. The van der Waals surface area contributed by atoms with Crippen LogP contribution in [-0.2, 0) is 13.0 Å². The molecule has 0 atom stereocenters. The molecule has 0 aliphatic rings. The quantitative estimate of drug-likeness (QED) is 0.217. The highest BCUT2D eigenvalue weighted by Crippen LogP contribution is 2.31. The van der Waals surface area contributed by atoms with Crippen LogP contribution in [0.2, 0.25) is 0 Å². The molecule has 2 heterocycles. The predicted molar refractivity (Wildman–Crippen MR) is 157 cm³/mol. The van der Waals surface area contributed by atoms with Crippen LogP contribution in [0.5, 0.6) is 0 Å². The Morgan fingerprint density at radius 2 is 1.62 bits per heavy atom. The van der Waals surface area contributed by atoms with Crippen LogP contribution in [0.4, 0.5) is 0 Å². The first-order chi connectivity index (χ1) is 19.5. The number of benzene rings is 4. The maximum absolute atomic E-state index is 11.7. The van der Waals surface area contributed by atoms with Gasteiger partial charge in [0.05, 0.1) is 16.6 Å². The van der Waals surface area contributed by atoms with Gasteiger partial charge in [0.25, 0.3) is 0 Å². The normalized spacial score (nSPS) is 11.2. The molecule has 0 spiro atoms. The van der Waals surface area contributed by atoms with Crippen molar-refractivity contribution in [2.45, 2.75) is 33.2 Å². The number of oxazole rings is 1. The molecule has 198 valence electrons. The van der Waals surface area contributed by atoms with Gasteiger partial charge < -0.3 is 14.1 Å². The number of aryl methyl sites for hydroxylation is 2. The standard InChI is InChI=1S/C34H29N3O3/c1-3-9-31-36-32-22(2)18-26(29-21-40-33(35-29)25-10-5-4-6-11-25)19-30(32)37(31)20-23-14-16-24(17-15-23)27-12-7-8-13-28(27)34(38)39/h4-8,10-19,21H,3,9,20H2,1-2H3,(H,38,39). The van der Waals surface area contributed by atoms with Crippen LogP contribution in [-0.4, -0.2) is 25.6 Å². The molecule has 6 aromatic rings. The van der Waals surface area contributed by atoms with Crippen molar-refractivity contribution in [1.82, 2.24) is 14.5 Å². The van der Waals surface area contributed by atoms with E-state index in [4.69, 9.17) is 14.4 Å².